The third-order valence-electron chi connectivity index (χ3n) is 2.23. The Kier molecular flexibility index (Phi) is 4.53. The van der Waals surface area contributed by atoms with Crippen molar-refractivity contribution >= 4 is 17.4 Å². The molecular weight excluding hydrogens is 238 g/mol. The van der Waals surface area contributed by atoms with E-state index < -0.39 is 10.9 Å². The molecule has 6 heteroatoms. The molecule has 0 unspecified atom stereocenters. The average Bonchev–Trinajstić information content (AvgIpc) is 2.28. The summed E-state index contributed by atoms with van der Waals surface area (Å²) in [6.07, 6.45) is -0.0798. The Labute approximate surface area is 104 Å². The molecule has 0 aliphatic heterocycles. The van der Waals surface area contributed by atoms with Gasteiger partial charge in [0.1, 0.15) is 5.78 Å². The summed E-state index contributed by atoms with van der Waals surface area (Å²) < 4.78 is 4.79. The minimum Gasteiger partial charge on any atom is -0.462 e. The third kappa shape index (κ3) is 3.38. The summed E-state index contributed by atoms with van der Waals surface area (Å²) in [5, 5.41) is 10.8. The fraction of sp³-hybridized carbons (Fsp3) is 0.333. The largest absolute Gasteiger partial charge is 0.462 e. The quantitative estimate of drug-likeness (QED) is 0.453. The summed E-state index contributed by atoms with van der Waals surface area (Å²) >= 11 is 0. The Morgan fingerprint density at radius 2 is 2.06 bits per heavy atom. The lowest BCUT2D eigenvalue weighted by atomic mass is 10.0. The van der Waals surface area contributed by atoms with E-state index in [2.05, 4.69) is 0 Å². The van der Waals surface area contributed by atoms with Gasteiger partial charge < -0.3 is 4.74 Å². The highest BCUT2D eigenvalue weighted by Gasteiger charge is 2.18. The fourth-order valence-corrected chi connectivity index (χ4v) is 1.51. The van der Waals surface area contributed by atoms with Crippen LogP contribution in [0.3, 0.4) is 0 Å². The molecule has 0 fully saturated rings. The summed E-state index contributed by atoms with van der Waals surface area (Å²) in [7, 11) is 0. The van der Waals surface area contributed by atoms with Gasteiger partial charge in [-0.05, 0) is 26.0 Å². The Balaban J connectivity index is 3.16. The van der Waals surface area contributed by atoms with E-state index in [0.717, 1.165) is 0 Å². The predicted molar refractivity (Wildman–Crippen MR) is 63.4 cm³/mol. The van der Waals surface area contributed by atoms with E-state index in [1.54, 1.807) is 6.92 Å². The van der Waals surface area contributed by atoms with Gasteiger partial charge in [-0.1, -0.05) is 0 Å². The number of nitrogens with zero attached hydrogens (tertiary/aromatic N) is 1. The van der Waals surface area contributed by atoms with Gasteiger partial charge in [-0.3, -0.25) is 14.9 Å². The first kappa shape index (κ1) is 13.8. The van der Waals surface area contributed by atoms with Gasteiger partial charge in [0.05, 0.1) is 17.1 Å². The molecule has 0 N–H and O–H groups in total. The molecule has 0 spiro atoms. The highest BCUT2D eigenvalue weighted by molar-refractivity contribution is 5.90. The van der Waals surface area contributed by atoms with Gasteiger partial charge >= 0.3 is 5.97 Å². The molecular formula is C12H13NO5. The van der Waals surface area contributed by atoms with Crippen molar-refractivity contribution in [1.29, 1.82) is 0 Å². The minimum atomic E-state index is -0.576. The van der Waals surface area contributed by atoms with E-state index in [0.29, 0.717) is 0 Å². The Morgan fingerprint density at radius 1 is 1.39 bits per heavy atom. The highest BCUT2D eigenvalue weighted by Crippen LogP contribution is 2.21. The monoisotopic (exact) mass is 251 g/mol. The molecule has 0 heterocycles. The van der Waals surface area contributed by atoms with Crippen LogP contribution < -0.4 is 0 Å². The van der Waals surface area contributed by atoms with Gasteiger partial charge in [0.2, 0.25) is 0 Å². The second kappa shape index (κ2) is 5.90. The van der Waals surface area contributed by atoms with Crippen LogP contribution in [0.5, 0.6) is 0 Å². The van der Waals surface area contributed by atoms with Crippen LogP contribution in [0, 0.1) is 10.1 Å². The maximum absolute atomic E-state index is 11.5. The number of carbonyl (C=O) groups is 2. The predicted octanol–water partition coefficient (Wildman–Crippen LogP) is 1.90. The number of nitro groups is 1. The van der Waals surface area contributed by atoms with E-state index in [1.807, 2.05) is 0 Å². The van der Waals surface area contributed by atoms with E-state index in [-0.39, 0.29) is 35.6 Å². The number of hydrogen-bond donors (Lipinski definition) is 0. The van der Waals surface area contributed by atoms with E-state index >= 15 is 0 Å². The SMILES string of the molecule is CCOC(=O)c1ccc([N+](=O)[O-])c(CC(C)=O)c1. The van der Waals surface area contributed by atoms with Crippen LogP contribution in [0.15, 0.2) is 18.2 Å². The number of ether oxygens (including phenoxy) is 1. The number of esters is 1. The molecule has 18 heavy (non-hydrogen) atoms. The molecule has 1 aromatic rings. The maximum Gasteiger partial charge on any atom is 0.338 e. The minimum absolute atomic E-state index is 0.0798. The lowest BCUT2D eigenvalue weighted by Crippen LogP contribution is -2.08. The van der Waals surface area contributed by atoms with E-state index in [1.165, 1.54) is 25.1 Å². The number of rotatable bonds is 5. The summed E-state index contributed by atoms with van der Waals surface area (Å²) in [5.41, 5.74) is 0.259. The molecule has 0 aliphatic carbocycles. The van der Waals surface area contributed by atoms with E-state index in [4.69, 9.17) is 4.74 Å². The first-order valence-corrected chi connectivity index (χ1v) is 5.39. The van der Waals surface area contributed by atoms with Gasteiger partial charge in [0.15, 0.2) is 0 Å². The molecule has 0 aromatic heterocycles. The van der Waals surface area contributed by atoms with Gasteiger partial charge in [-0.25, -0.2) is 4.79 Å². The molecule has 0 aliphatic rings. The van der Waals surface area contributed by atoms with Crippen molar-refractivity contribution in [3.8, 4) is 0 Å². The lowest BCUT2D eigenvalue weighted by molar-refractivity contribution is -0.385. The number of carbonyl (C=O) groups excluding carboxylic acids is 2. The van der Waals surface area contributed by atoms with Crippen molar-refractivity contribution < 1.29 is 19.2 Å². The number of nitro benzene ring substituents is 1. The fourth-order valence-electron chi connectivity index (χ4n) is 1.51. The van der Waals surface area contributed by atoms with Crippen molar-refractivity contribution in [3.05, 3.63) is 39.4 Å². The van der Waals surface area contributed by atoms with Crippen molar-refractivity contribution in [2.75, 3.05) is 6.61 Å². The van der Waals surface area contributed by atoms with Crippen molar-refractivity contribution in [1.82, 2.24) is 0 Å². The van der Waals surface area contributed by atoms with Crippen molar-refractivity contribution in [2.24, 2.45) is 0 Å². The zero-order valence-electron chi connectivity index (χ0n) is 10.1. The Bertz CT molecular complexity index is 495. The Hall–Kier alpha value is -2.24. The van der Waals surface area contributed by atoms with Crippen molar-refractivity contribution in [2.45, 2.75) is 20.3 Å². The van der Waals surface area contributed by atoms with Crippen LogP contribution in [0.25, 0.3) is 0 Å². The molecule has 0 bridgehead atoms. The standard InChI is InChI=1S/C12H13NO5/c1-3-18-12(15)9-4-5-11(13(16)17)10(7-9)6-8(2)14/h4-5,7H,3,6H2,1-2H3. The van der Waals surface area contributed by atoms with Gasteiger partial charge in [-0.2, -0.15) is 0 Å². The third-order valence-corrected chi connectivity index (χ3v) is 2.23. The average molecular weight is 251 g/mol. The zero-order chi connectivity index (χ0) is 13.7. The molecule has 1 aromatic carbocycles. The van der Waals surface area contributed by atoms with Gasteiger partial charge in [0.25, 0.3) is 5.69 Å². The smallest absolute Gasteiger partial charge is 0.338 e. The maximum atomic E-state index is 11.5. The lowest BCUT2D eigenvalue weighted by Gasteiger charge is -2.05. The van der Waals surface area contributed by atoms with Gasteiger partial charge in [-0.15, -0.1) is 0 Å². The molecule has 0 saturated heterocycles. The second-order valence-electron chi connectivity index (χ2n) is 3.70. The van der Waals surface area contributed by atoms with Crippen molar-refractivity contribution in [3.63, 3.8) is 0 Å². The van der Waals surface area contributed by atoms with Crippen LogP contribution in [-0.4, -0.2) is 23.3 Å². The van der Waals surface area contributed by atoms with Crippen LogP contribution in [0.4, 0.5) is 5.69 Å². The number of benzene rings is 1. The van der Waals surface area contributed by atoms with E-state index in [9.17, 15) is 19.7 Å². The Morgan fingerprint density at radius 3 is 2.56 bits per heavy atom. The molecule has 0 saturated carbocycles. The van der Waals surface area contributed by atoms with Crippen LogP contribution in [-0.2, 0) is 16.0 Å². The molecule has 6 nitrogen and oxygen atoms in total. The van der Waals surface area contributed by atoms with Crippen LogP contribution >= 0.6 is 0 Å². The zero-order valence-corrected chi connectivity index (χ0v) is 10.1. The van der Waals surface area contributed by atoms with Gasteiger partial charge in [0, 0.05) is 18.1 Å². The first-order valence-electron chi connectivity index (χ1n) is 5.39. The number of hydrogen-bond acceptors (Lipinski definition) is 5. The van der Waals surface area contributed by atoms with Crippen LogP contribution in [0.1, 0.15) is 29.8 Å². The summed E-state index contributed by atoms with van der Waals surface area (Å²) in [4.78, 5) is 32.8. The molecule has 96 valence electrons. The molecule has 1 rings (SSSR count). The molecule has 0 amide bonds. The topological polar surface area (TPSA) is 86.5 Å². The van der Waals surface area contributed by atoms with Crippen LogP contribution in [0.2, 0.25) is 0 Å². The summed E-state index contributed by atoms with van der Waals surface area (Å²) in [5.74, 6) is -0.767. The number of Topliss-reactive ketones (excluding diaryl/α,β-unsaturated/α-hetero) is 1. The molecule has 0 atom stereocenters. The molecule has 0 radical (unpaired) electrons. The second-order valence-corrected chi connectivity index (χ2v) is 3.70. The first-order chi connectivity index (χ1) is 8.45. The number of ketones is 1. The normalized spacial score (nSPS) is 9.89. The summed E-state index contributed by atoms with van der Waals surface area (Å²) in [6, 6.07) is 3.86. The highest BCUT2D eigenvalue weighted by atomic mass is 16.6. The summed E-state index contributed by atoms with van der Waals surface area (Å²) in [6.45, 7) is 3.22.